The first kappa shape index (κ1) is 15.1. The van der Waals surface area contributed by atoms with Gasteiger partial charge in [-0.2, -0.15) is 0 Å². The van der Waals surface area contributed by atoms with Gasteiger partial charge in [0.15, 0.2) is 0 Å². The first-order valence-corrected chi connectivity index (χ1v) is 6.93. The minimum Gasteiger partial charge on any atom is -0.492 e. The summed E-state index contributed by atoms with van der Waals surface area (Å²) in [5.41, 5.74) is 7.43. The van der Waals surface area contributed by atoms with Gasteiger partial charge in [-0.3, -0.25) is 0 Å². The van der Waals surface area contributed by atoms with Gasteiger partial charge in [0.25, 0.3) is 0 Å². The molecule has 20 heavy (non-hydrogen) atoms. The van der Waals surface area contributed by atoms with Gasteiger partial charge in [0, 0.05) is 23.7 Å². The van der Waals surface area contributed by atoms with Crippen molar-refractivity contribution >= 4 is 23.2 Å². The van der Waals surface area contributed by atoms with Crippen LogP contribution >= 0.6 is 23.2 Å². The highest BCUT2D eigenvalue weighted by Gasteiger charge is 2.11. The molecule has 2 aromatic carbocycles. The Hall–Kier alpha value is -1.29. The van der Waals surface area contributed by atoms with Crippen molar-refractivity contribution < 1.29 is 9.13 Å². The molecule has 0 bridgehead atoms. The Kier molecular flexibility index (Phi) is 4.86. The van der Waals surface area contributed by atoms with Gasteiger partial charge in [0.1, 0.15) is 11.6 Å². The van der Waals surface area contributed by atoms with E-state index in [1.165, 1.54) is 6.07 Å². The number of nitrogens with two attached hydrogens (primary N) is 1. The second-order valence-corrected chi connectivity index (χ2v) is 5.02. The molecule has 2 aromatic rings. The molecule has 0 atom stereocenters. The fourth-order valence-electron chi connectivity index (χ4n) is 1.91. The zero-order valence-corrected chi connectivity index (χ0v) is 12.4. The second kappa shape index (κ2) is 6.44. The molecule has 106 valence electrons. The number of hydrogen-bond donors (Lipinski definition) is 1. The molecule has 5 heteroatoms. The van der Waals surface area contributed by atoms with Crippen molar-refractivity contribution in [1.29, 1.82) is 0 Å². The third-order valence-corrected chi connectivity index (χ3v) is 3.51. The van der Waals surface area contributed by atoms with E-state index in [9.17, 15) is 4.39 Å². The number of rotatable bonds is 4. The lowest BCUT2D eigenvalue weighted by molar-refractivity contribution is 0.340. The molecule has 0 fully saturated rings. The molecule has 2 nitrogen and oxygen atoms in total. The molecule has 2 N–H and O–H groups in total. The van der Waals surface area contributed by atoms with Crippen LogP contribution in [0, 0.1) is 5.82 Å². The average molecular weight is 314 g/mol. The zero-order valence-electron chi connectivity index (χ0n) is 10.9. The molecule has 2 rings (SSSR count). The maximum atomic E-state index is 13.5. The average Bonchev–Trinajstić information content (AvgIpc) is 2.43. The summed E-state index contributed by atoms with van der Waals surface area (Å²) in [6.45, 7) is 2.50. The summed E-state index contributed by atoms with van der Waals surface area (Å²) in [6, 6.07) is 8.06. The van der Waals surface area contributed by atoms with E-state index in [4.69, 9.17) is 33.7 Å². The summed E-state index contributed by atoms with van der Waals surface area (Å²) in [7, 11) is 0. The maximum absolute atomic E-state index is 13.5. The molecule has 0 saturated carbocycles. The van der Waals surface area contributed by atoms with E-state index in [1.807, 2.05) is 6.92 Å². The van der Waals surface area contributed by atoms with Crippen LogP contribution in [0.3, 0.4) is 0 Å². The van der Waals surface area contributed by atoms with Gasteiger partial charge >= 0.3 is 0 Å². The minimum absolute atomic E-state index is 0.127. The largest absolute Gasteiger partial charge is 0.492 e. The van der Waals surface area contributed by atoms with Gasteiger partial charge in [0.2, 0.25) is 0 Å². The zero-order chi connectivity index (χ0) is 14.7. The fraction of sp³-hybridized carbons (Fsp3) is 0.200. The maximum Gasteiger partial charge on any atom is 0.139 e. The monoisotopic (exact) mass is 313 g/mol. The third kappa shape index (κ3) is 3.06. The summed E-state index contributed by atoms with van der Waals surface area (Å²) in [4.78, 5) is 0. The number of hydrogen-bond acceptors (Lipinski definition) is 2. The van der Waals surface area contributed by atoms with Crippen molar-refractivity contribution in [2.45, 2.75) is 13.5 Å². The molecule has 0 aliphatic carbocycles. The van der Waals surface area contributed by atoms with Crippen LogP contribution in [0.2, 0.25) is 10.0 Å². The Bertz CT molecular complexity index is 632. The lowest BCUT2D eigenvalue weighted by Crippen LogP contribution is -2.00. The second-order valence-electron chi connectivity index (χ2n) is 4.21. The van der Waals surface area contributed by atoms with Crippen LogP contribution in [-0.4, -0.2) is 6.61 Å². The Morgan fingerprint density at radius 1 is 1.15 bits per heavy atom. The van der Waals surface area contributed by atoms with Gasteiger partial charge in [0.05, 0.1) is 16.7 Å². The molecule has 0 radical (unpaired) electrons. The van der Waals surface area contributed by atoms with Gasteiger partial charge in [-0.15, -0.1) is 0 Å². The highest BCUT2D eigenvalue weighted by molar-refractivity contribution is 6.36. The van der Waals surface area contributed by atoms with Crippen LogP contribution in [0.15, 0.2) is 30.3 Å². The van der Waals surface area contributed by atoms with E-state index < -0.39 is 0 Å². The van der Waals surface area contributed by atoms with Crippen molar-refractivity contribution in [3.63, 3.8) is 0 Å². The Morgan fingerprint density at radius 3 is 2.55 bits per heavy atom. The molecule has 0 aliphatic rings. The predicted molar refractivity (Wildman–Crippen MR) is 80.9 cm³/mol. The Morgan fingerprint density at radius 2 is 1.90 bits per heavy atom. The summed E-state index contributed by atoms with van der Waals surface area (Å²) in [5.74, 6) is 0.202. The van der Waals surface area contributed by atoms with Gasteiger partial charge in [-0.25, -0.2) is 4.39 Å². The normalized spacial score (nSPS) is 10.7. The quantitative estimate of drug-likeness (QED) is 0.891. The van der Waals surface area contributed by atoms with E-state index in [-0.39, 0.29) is 12.4 Å². The van der Waals surface area contributed by atoms with Crippen LogP contribution in [-0.2, 0) is 6.54 Å². The fourth-order valence-corrected chi connectivity index (χ4v) is 2.40. The topological polar surface area (TPSA) is 35.2 Å². The van der Waals surface area contributed by atoms with E-state index >= 15 is 0 Å². The Labute approximate surface area is 127 Å². The van der Waals surface area contributed by atoms with Gasteiger partial charge < -0.3 is 10.5 Å². The molecule has 0 aliphatic heterocycles. The molecule has 0 heterocycles. The van der Waals surface area contributed by atoms with Crippen molar-refractivity contribution in [1.82, 2.24) is 0 Å². The van der Waals surface area contributed by atoms with E-state index in [0.29, 0.717) is 28.0 Å². The van der Waals surface area contributed by atoms with E-state index in [2.05, 4.69) is 0 Å². The summed E-state index contributed by atoms with van der Waals surface area (Å²) >= 11 is 12.4. The summed E-state index contributed by atoms with van der Waals surface area (Å²) < 4.78 is 18.8. The molecule has 0 aromatic heterocycles. The number of ether oxygens (including phenoxy) is 1. The Balaban J connectivity index is 2.50. The van der Waals surface area contributed by atoms with Crippen LogP contribution in [0.25, 0.3) is 11.1 Å². The summed E-state index contributed by atoms with van der Waals surface area (Å²) in [5, 5.41) is 0.956. The summed E-state index contributed by atoms with van der Waals surface area (Å²) in [6.07, 6.45) is 0. The first-order valence-electron chi connectivity index (χ1n) is 6.17. The highest BCUT2D eigenvalue weighted by atomic mass is 35.5. The van der Waals surface area contributed by atoms with Crippen molar-refractivity contribution in [3.8, 4) is 16.9 Å². The van der Waals surface area contributed by atoms with Crippen LogP contribution in [0.1, 0.15) is 12.5 Å². The SMILES string of the molecule is CCOc1cc(Cl)c(-c2ccc(F)c(CN)c2)cc1Cl. The van der Waals surface area contributed by atoms with Gasteiger partial charge in [-0.1, -0.05) is 29.3 Å². The van der Waals surface area contributed by atoms with Gasteiger partial charge in [-0.05, 0) is 30.7 Å². The number of benzene rings is 2. The number of halogens is 3. The molecular formula is C15H14Cl2FNO. The van der Waals surface area contributed by atoms with Crippen molar-refractivity contribution in [2.24, 2.45) is 5.73 Å². The lowest BCUT2D eigenvalue weighted by atomic mass is 10.0. The third-order valence-electron chi connectivity index (χ3n) is 2.90. The molecular weight excluding hydrogens is 300 g/mol. The molecule has 0 spiro atoms. The van der Waals surface area contributed by atoms with Crippen LogP contribution in [0.4, 0.5) is 4.39 Å². The van der Waals surface area contributed by atoms with Crippen LogP contribution in [0.5, 0.6) is 5.75 Å². The minimum atomic E-state index is -0.329. The molecule has 0 amide bonds. The van der Waals surface area contributed by atoms with Crippen LogP contribution < -0.4 is 10.5 Å². The molecule has 0 unspecified atom stereocenters. The van der Waals surface area contributed by atoms with E-state index in [1.54, 1.807) is 24.3 Å². The highest BCUT2D eigenvalue weighted by Crippen LogP contribution is 2.37. The standard InChI is InChI=1S/C15H14Cl2FNO/c1-2-20-15-7-12(16)11(6-13(15)17)9-3-4-14(18)10(5-9)8-19/h3-7H,2,8,19H2,1H3. The predicted octanol–water partition coefficient (Wildman–Crippen LogP) is 4.66. The van der Waals surface area contributed by atoms with Crippen molar-refractivity contribution in [2.75, 3.05) is 6.61 Å². The lowest BCUT2D eigenvalue weighted by Gasteiger charge is -2.11. The van der Waals surface area contributed by atoms with Crippen molar-refractivity contribution in [3.05, 3.63) is 51.8 Å². The first-order chi connectivity index (χ1) is 9.56. The smallest absolute Gasteiger partial charge is 0.139 e. The molecule has 0 saturated heterocycles. The van der Waals surface area contributed by atoms with E-state index in [0.717, 1.165) is 11.1 Å².